The molecule has 0 aliphatic carbocycles. The van der Waals surface area contributed by atoms with Gasteiger partial charge in [-0.25, -0.2) is 9.78 Å². The average molecular weight is 267 g/mol. The normalized spacial score (nSPS) is 12.1. The van der Waals surface area contributed by atoms with Crippen LogP contribution in [0.4, 0.5) is 13.2 Å². The predicted molar refractivity (Wildman–Crippen MR) is 57.2 cm³/mol. The number of hydrogen-bond acceptors (Lipinski definition) is 3. The van der Waals surface area contributed by atoms with E-state index in [0.717, 1.165) is 0 Å². The van der Waals surface area contributed by atoms with Crippen LogP contribution in [0.25, 0.3) is 0 Å². The molecule has 1 aromatic heterocycles. The molecule has 0 saturated heterocycles. The molecule has 0 spiro atoms. The molecule has 0 radical (unpaired) electrons. The number of halogens is 3. The molecular formula is C10H12F3NO2S. The third-order valence-electron chi connectivity index (χ3n) is 2.07. The van der Waals surface area contributed by atoms with Gasteiger partial charge in [-0.2, -0.15) is 13.2 Å². The lowest BCUT2D eigenvalue weighted by Crippen LogP contribution is -2.11. The third-order valence-corrected chi connectivity index (χ3v) is 3.17. The van der Waals surface area contributed by atoms with Gasteiger partial charge in [0.1, 0.15) is 4.88 Å². The molecule has 7 heteroatoms. The Bertz CT molecular complexity index is 412. The first kappa shape index (κ1) is 14.0. The number of hydrogen-bond donors (Lipinski definition) is 1. The molecule has 0 aliphatic heterocycles. The van der Waals surface area contributed by atoms with Gasteiger partial charge in [-0.05, 0) is 18.8 Å². The molecule has 96 valence electrons. The quantitative estimate of drug-likeness (QED) is 0.909. The van der Waals surface area contributed by atoms with Crippen molar-refractivity contribution < 1.29 is 23.1 Å². The van der Waals surface area contributed by atoms with Crippen molar-refractivity contribution in [3.05, 3.63) is 15.6 Å². The molecule has 0 fully saturated rings. The third kappa shape index (κ3) is 3.69. The van der Waals surface area contributed by atoms with Gasteiger partial charge in [0, 0.05) is 0 Å². The van der Waals surface area contributed by atoms with Gasteiger partial charge in [-0.3, -0.25) is 0 Å². The molecule has 1 aromatic rings. The molecule has 3 nitrogen and oxygen atoms in total. The first-order valence-electron chi connectivity index (χ1n) is 5.02. The van der Waals surface area contributed by atoms with Gasteiger partial charge in [-0.1, -0.05) is 13.8 Å². The maximum Gasteiger partial charge on any atom is 0.435 e. The molecule has 0 atom stereocenters. The van der Waals surface area contributed by atoms with E-state index in [2.05, 4.69) is 4.98 Å². The molecule has 0 saturated carbocycles. The Morgan fingerprint density at radius 2 is 2.06 bits per heavy atom. The van der Waals surface area contributed by atoms with E-state index in [-0.39, 0.29) is 5.01 Å². The van der Waals surface area contributed by atoms with Crippen LogP contribution in [0.2, 0.25) is 0 Å². The predicted octanol–water partition coefficient (Wildman–Crippen LogP) is 3.45. The van der Waals surface area contributed by atoms with E-state index in [4.69, 9.17) is 5.11 Å². The standard InChI is InChI=1S/C10H12F3NO2S/c1-5(2)3-4-6-14-8(10(11,12)13)7(17-6)9(15)16/h5H,3-4H2,1-2H3,(H,15,16). The highest BCUT2D eigenvalue weighted by atomic mass is 32.1. The molecular weight excluding hydrogens is 255 g/mol. The van der Waals surface area contributed by atoms with Crippen LogP contribution in [0.5, 0.6) is 0 Å². The Balaban J connectivity index is 3.01. The number of aryl methyl sites for hydroxylation is 1. The van der Waals surface area contributed by atoms with Crippen molar-refractivity contribution >= 4 is 17.3 Å². The molecule has 1 rings (SSSR count). The van der Waals surface area contributed by atoms with Crippen molar-refractivity contribution in [3.63, 3.8) is 0 Å². The Morgan fingerprint density at radius 1 is 1.47 bits per heavy atom. The van der Waals surface area contributed by atoms with Crippen LogP contribution in [0.3, 0.4) is 0 Å². The molecule has 0 amide bonds. The van der Waals surface area contributed by atoms with E-state index in [9.17, 15) is 18.0 Å². The second kappa shape index (κ2) is 5.03. The summed E-state index contributed by atoms with van der Waals surface area (Å²) in [5.41, 5.74) is -1.28. The number of carboxylic acids is 1. The summed E-state index contributed by atoms with van der Waals surface area (Å²) in [7, 11) is 0. The molecule has 0 aliphatic rings. The van der Waals surface area contributed by atoms with Crippen LogP contribution in [0.15, 0.2) is 0 Å². The first-order chi connectivity index (χ1) is 7.71. The van der Waals surface area contributed by atoms with E-state index < -0.39 is 22.7 Å². The van der Waals surface area contributed by atoms with Crippen molar-refractivity contribution in [3.8, 4) is 0 Å². The van der Waals surface area contributed by atoms with E-state index in [1.54, 1.807) is 0 Å². The highest BCUT2D eigenvalue weighted by molar-refractivity contribution is 7.13. The SMILES string of the molecule is CC(C)CCc1nc(C(F)(F)F)c(C(=O)O)s1. The van der Waals surface area contributed by atoms with E-state index in [1.165, 1.54) is 0 Å². The zero-order valence-corrected chi connectivity index (χ0v) is 10.2. The van der Waals surface area contributed by atoms with Crippen molar-refractivity contribution in [1.29, 1.82) is 0 Å². The monoisotopic (exact) mass is 267 g/mol. The molecule has 0 aromatic carbocycles. The molecule has 0 unspecified atom stereocenters. The summed E-state index contributed by atoms with van der Waals surface area (Å²) < 4.78 is 37.5. The number of carbonyl (C=O) groups is 1. The smallest absolute Gasteiger partial charge is 0.435 e. The highest BCUT2D eigenvalue weighted by Gasteiger charge is 2.39. The largest absolute Gasteiger partial charge is 0.477 e. The van der Waals surface area contributed by atoms with Crippen molar-refractivity contribution in [2.45, 2.75) is 32.9 Å². The van der Waals surface area contributed by atoms with E-state index >= 15 is 0 Å². The Kier molecular flexibility index (Phi) is 4.13. The van der Waals surface area contributed by atoms with E-state index in [0.29, 0.717) is 30.1 Å². The summed E-state index contributed by atoms with van der Waals surface area (Å²) >= 11 is 0.606. The fourth-order valence-corrected chi connectivity index (χ4v) is 2.16. The van der Waals surface area contributed by atoms with Gasteiger partial charge in [0.05, 0.1) is 5.01 Å². The van der Waals surface area contributed by atoms with Gasteiger partial charge in [-0.15, -0.1) is 11.3 Å². The van der Waals surface area contributed by atoms with Crippen LogP contribution in [-0.4, -0.2) is 16.1 Å². The number of alkyl halides is 3. The van der Waals surface area contributed by atoms with Crippen LogP contribution in [0, 0.1) is 5.92 Å². The number of aromatic nitrogens is 1. The Morgan fingerprint density at radius 3 is 2.41 bits per heavy atom. The molecule has 0 bridgehead atoms. The van der Waals surface area contributed by atoms with Crippen molar-refractivity contribution in [2.24, 2.45) is 5.92 Å². The minimum atomic E-state index is -4.71. The fraction of sp³-hybridized carbons (Fsp3) is 0.600. The Labute approximate surface area is 100 Å². The van der Waals surface area contributed by atoms with Gasteiger partial charge in [0.15, 0.2) is 5.69 Å². The average Bonchev–Trinajstić information content (AvgIpc) is 2.57. The number of rotatable bonds is 4. The van der Waals surface area contributed by atoms with Crippen molar-refractivity contribution in [2.75, 3.05) is 0 Å². The zero-order valence-electron chi connectivity index (χ0n) is 9.34. The van der Waals surface area contributed by atoms with Crippen LogP contribution in [-0.2, 0) is 12.6 Å². The summed E-state index contributed by atoms with van der Waals surface area (Å²) in [6, 6.07) is 0. The number of thiazole rings is 1. The molecule has 1 N–H and O–H groups in total. The van der Waals surface area contributed by atoms with Gasteiger partial charge in [0.25, 0.3) is 0 Å². The second-order valence-corrected chi connectivity index (χ2v) is 5.10. The fourth-order valence-electron chi connectivity index (χ4n) is 1.22. The van der Waals surface area contributed by atoms with Crippen LogP contribution in [0.1, 0.15) is 40.6 Å². The zero-order chi connectivity index (χ0) is 13.2. The highest BCUT2D eigenvalue weighted by Crippen LogP contribution is 2.34. The number of aromatic carboxylic acids is 1. The van der Waals surface area contributed by atoms with Gasteiger partial charge in [0.2, 0.25) is 0 Å². The lowest BCUT2D eigenvalue weighted by molar-refractivity contribution is -0.141. The van der Waals surface area contributed by atoms with Crippen LogP contribution < -0.4 is 0 Å². The first-order valence-corrected chi connectivity index (χ1v) is 5.83. The number of nitrogens with zero attached hydrogens (tertiary/aromatic N) is 1. The van der Waals surface area contributed by atoms with Gasteiger partial charge < -0.3 is 5.11 Å². The van der Waals surface area contributed by atoms with Gasteiger partial charge >= 0.3 is 12.1 Å². The maximum atomic E-state index is 12.5. The summed E-state index contributed by atoms with van der Waals surface area (Å²) in [6.45, 7) is 3.88. The summed E-state index contributed by atoms with van der Waals surface area (Å²) in [5.74, 6) is -1.24. The van der Waals surface area contributed by atoms with E-state index in [1.807, 2.05) is 13.8 Å². The topological polar surface area (TPSA) is 50.2 Å². The second-order valence-electron chi connectivity index (χ2n) is 4.02. The summed E-state index contributed by atoms with van der Waals surface area (Å²) in [4.78, 5) is 13.4. The Hall–Kier alpha value is -1.11. The summed E-state index contributed by atoms with van der Waals surface area (Å²) in [6.07, 6.45) is -3.65. The molecule has 1 heterocycles. The minimum Gasteiger partial charge on any atom is -0.477 e. The maximum absolute atomic E-state index is 12.5. The molecule has 17 heavy (non-hydrogen) atoms. The van der Waals surface area contributed by atoms with Crippen LogP contribution >= 0.6 is 11.3 Å². The lowest BCUT2D eigenvalue weighted by Gasteiger charge is -2.02. The lowest BCUT2D eigenvalue weighted by atomic mass is 10.1. The summed E-state index contributed by atoms with van der Waals surface area (Å²) in [5, 5.41) is 8.92. The van der Waals surface area contributed by atoms with Crippen molar-refractivity contribution in [1.82, 2.24) is 4.98 Å². The minimum absolute atomic E-state index is 0.225. The number of carboxylic acid groups (broad SMARTS) is 1.